The first-order valence-corrected chi connectivity index (χ1v) is 11.2. The van der Waals surface area contributed by atoms with Crippen LogP contribution in [0.3, 0.4) is 0 Å². The minimum Gasteiger partial charge on any atom is -0.516 e. The van der Waals surface area contributed by atoms with E-state index in [1.807, 2.05) is 48.6 Å². The summed E-state index contributed by atoms with van der Waals surface area (Å²) in [6.07, 6.45) is 7.54. The summed E-state index contributed by atoms with van der Waals surface area (Å²) in [5, 5.41) is 0. The largest absolute Gasteiger partial charge is 1.00 e. The molecule has 0 spiro atoms. The van der Waals surface area contributed by atoms with E-state index >= 15 is 0 Å². The van der Waals surface area contributed by atoms with Crippen LogP contribution < -0.4 is 37.8 Å². The van der Waals surface area contributed by atoms with Crippen LogP contribution in [0.1, 0.15) is 11.1 Å². The van der Waals surface area contributed by atoms with Crippen LogP contribution in [0.15, 0.2) is 74.9 Å². The van der Waals surface area contributed by atoms with E-state index in [4.69, 9.17) is 18.9 Å². The second kappa shape index (κ2) is 17.2. The Balaban J connectivity index is 0.000000341. The van der Waals surface area contributed by atoms with Crippen molar-refractivity contribution in [2.45, 2.75) is 13.1 Å². The van der Waals surface area contributed by atoms with Gasteiger partial charge in [-0.3, -0.25) is 9.80 Å². The maximum absolute atomic E-state index is 5.34. The zero-order valence-electron chi connectivity index (χ0n) is 20.9. The van der Waals surface area contributed by atoms with Gasteiger partial charge in [0.2, 0.25) is 13.6 Å². The zero-order chi connectivity index (χ0) is 24.2. The second-order valence-electron chi connectivity index (χ2n) is 7.73. The second-order valence-corrected chi connectivity index (χ2v) is 7.73. The standard InChI is InChI=1S/2C14H16NO2.Cu.Li/c2*1-3-7-15(8-4-2)10-12-5-6-13-14(9-12)17-11-16-13;;/h2*3-4,6,9H,1-2,7-8,10-11H2;;/q2*-1;2*+1. The molecule has 0 fully saturated rings. The molecule has 0 saturated heterocycles. The molecule has 36 heavy (non-hydrogen) atoms. The van der Waals surface area contributed by atoms with Gasteiger partial charge >= 0.3 is 35.9 Å². The van der Waals surface area contributed by atoms with Gasteiger partial charge in [0.25, 0.3) is 0 Å². The Morgan fingerprint density at radius 2 is 0.972 bits per heavy atom. The van der Waals surface area contributed by atoms with E-state index in [0.717, 1.165) is 73.4 Å². The molecule has 0 bridgehead atoms. The number of ether oxygens (including phenoxy) is 4. The van der Waals surface area contributed by atoms with E-state index in [1.54, 1.807) is 0 Å². The summed E-state index contributed by atoms with van der Waals surface area (Å²) in [6.45, 7) is 20.5. The van der Waals surface area contributed by atoms with E-state index < -0.39 is 0 Å². The number of fused-ring (bicyclic) bond motifs is 2. The summed E-state index contributed by atoms with van der Waals surface area (Å²) in [5.41, 5.74) is 2.16. The number of rotatable bonds is 12. The summed E-state index contributed by atoms with van der Waals surface area (Å²) < 4.78 is 21.2. The van der Waals surface area contributed by atoms with Gasteiger partial charge in [-0.1, -0.05) is 24.3 Å². The van der Waals surface area contributed by atoms with Crippen LogP contribution in [0.4, 0.5) is 0 Å². The summed E-state index contributed by atoms with van der Waals surface area (Å²) in [6, 6.07) is 14.0. The van der Waals surface area contributed by atoms with Gasteiger partial charge in [0, 0.05) is 39.3 Å². The SMILES string of the molecule is C=CCN(CC=C)Cc1[c-]cc2c(c1)OCO2.C=CCN(CC=C)Cc1[c-]cc2c(c1)OCO2.[Cu+].[Li+]. The zero-order valence-corrected chi connectivity index (χ0v) is 21.9. The Hall–Kier alpha value is -2.36. The molecule has 2 aromatic rings. The number of hydrogen-bond donors (Lipinski definition) is 0. The normalized spacial score (nSPS) is 12.1. The van der Waals surface area contributed by atoms with Crippen molar-refractivity contribution in [2.75, 3.05) is 39.8 Å². The average molecular weight is 531 g/mol. The van der Waals surface area contributed by atoms with Crippen molar-refractivity contribution in [2.24, 2.45) is 0 Å². The predicted octanol–water partition coefficient (Wildman–Crippen LogP) is 1.78. The van der Waals surface area contributed by atoms with Crippen molar-refractivity contribution in [3.63, 3.8) is 0 Å². The molecule has 190 valence electrons. The van der Waals surface area contributed by atoms with E-state index in [9.17, 15) is 0 Å². The van der Waals surface area contributed by atoms with E-state index in [0.29, 0.717) is 13.6 Å². The van der Waals surface area contributed by atoms with Crippen LogP contribution in [0.25, 0.3) is 0 Å². The Morgan fingerprint density at radius 1 is 0.639 bits per heavy atom. The number of nitrogens with zero attached hydrogens (tertiary/aromatic N) is 2. The smallest absolute Gasteiger partial charge is 0.516 e. The molecular weight excluding hydrogens is 499 g/mol. The fourth-order valence-corrected chi connectivity index (χ4v) is 3.57. The minimum absolute atomic E-state index is 0. The summed E-state index contributed by atoms with van der Waals surface area (Å²) in [5.74, 6) is 3.15. The van der Waals surface area contributed by atoms with E-state index in [1.165, 1.54) is 0 Å². The third-order valence-electron chi connectivity index (χ3n) is 5.07. The molecule has 4 rings (SSSR count). The van der Waals surface area contributed by atoms with E-state index in [2.05, 4.69) is 48.2 Å². The topological polar surface area (TPSA) is 43.4 Å². The van der Waals surface area contributed by atoms with Crippen molar-refractivity contribution < 1.29 is 54.9 Å². The Kier molecular flexibility index (Phi) is 15.1. The molecule has 2 aliphatic heterocycles. The van der Waals surface area contributed by atoms with Gasteiger partial charge < -0.3 is 18.9 Å². The molecule has 2 heterocycles. The first kappa shape index (κ1) is 31.7. The molecule has 0 amide bonds. The molecule has 0 atom stereocenters. The monoisotopic (exact) mass is 530 g/mol. The molecular formula is C28H32CuLiN2O4. The molecule has 6 nitrogen and oxygen atoms in total. The Bertz CT molecular complexity index is 902. The molecule has 0 N–H and O–H groups in total. The van der Waals surface area contributed by atoms with Gasteiger partial charge in [-0.05, 0) is 0 Å². The first-order valence-electron chi connectivity index (χ1n) is 11.2. The maximum atomic E-state index is 5.34. The van der Waals surface area contributed by atoms with Gasteiger partial charge in [-0.15, -0.1) is 61.7 Å². The molecule has 0 saturated carbocycles. The fraction of sp³-hybridized carbons (Fsp3) is 0.286. The van der Waals surface area contributed by atoms with Crippen LogP contribution in [0, 0.1) is 12.1 Å². The van der Waals surface area contributed by atoms with Gasteiger partial charge in [-0.25, -0.2) is 0 Å². The van der Waals surface area contributed by atoms with Crippen LogP contribution in [0.2, 0.25) is 0 Å². The Labute approximate surface area is 237 Å². The quantitative estimate of drug-likeness (QED) is 0.237. The van der Waals surface area contributed by atoms with Crippen molar-refractivity contribution in [1.82, 2.24) is 9.80 Å². The van der Waals surface area contributed by atoms with Gasteiger partial charge in [0.15, 0.2) is 0 Å². The third kappa shape index (κ3) is 9.59. The molecule has 2 aromatic carbocycles. The van der Waals surface area contributed by atoms with Crippen molar-refractivity contribution in [3.05, 3.63) is 98.1 Å². The summed E-state index contributed by atoms with van der Waals surface area (Å²) >= 11 is 0. The van der Waals surface area contributed by atoms with Crippen LogP contribution in [-0.4, -0.2) is 49.6 Å². The maximum Gasteiger partial charge on any atom is 1.00 e. The van der Waals surface area contributed by atoms with Crippen LogP contribution in [-0.2, 0) is 30.2 Å². The van der Waals surface area contributed by atoms with Gasteiger partial charge in [0.05, 0.1) is 23.0 Å². The van der Waals surface area contributed by atoms with Crippen molar-refractivity contribution >= 4 is 0 Å². The summed E-state index contributed by atoms with van der Waals surface area (Å²) in [4.78, 5) is 4.43. The van der Waals surface area contributed by atoms with E-state index in [-0.39, 0.29) is 35.9 Å². The molecule has 0 unspecified atom stereocenters. The van der Waals surface area contributed by atoms with Crippen molar-refractivity contribution in [3.8, 4) is 23.0 Å². The Morgan fingerprint density at radius 3 is 1.31 bits per heavy atom. The first-order chi connectivity index (χ1) is 16.7. The number of benzene rings is 2. The van der Waals surface area contributed by atoms with Crippen LogP contribution >= 0.6 is 0 Å². The minimum atomic E-state index is 0. The third-order valence-corrected chi connectivity index (χ3v) is 5.07. The van der Waals surface area contributed by atoms with Gasteiger partial charge in [-0.2, -0.15) is 12.1 Å². The van der Waals surface area contributed by atoms with Crippen molar-refractivity contribution in [1.29, 1.82) is 0 Å². The predicted molar refractivity (Wildman–Crippen MR) is 134 cm³/mol. The molecule has 8 heteroatoms. The molecule has 2 aliphatic rings. The summed E-state index contributed by atoms with van der Waals surface area (Å²) in [7, 11) is 0. The van der Waals surface area contributed by atoms with Crippen LogP contribution in [0.5, 0.6) is 23.0 Å². The average Bonchev–Trinajstić information content (AvgIpc) is 3.49. The number of hydrogen-bond acceptors (Lipinski definition) is 6. The fourth-order valence-electron chi connectivity index (χ4n) is 3.57. The molecule has 0 radical (unpaired) electrons. The molecule has 0 aromatic heterocycles. The molecule has 0 aliphatic carbocycles. The van der Waals surface area contributed by atoms with Gasteiger partial charge in [0.1, 0.15) is 0 Å².